The molecular weight excluding hydrogens is 255 g/mol. The summed E-state index contributed by atoms with van der Waals surface area (Å²) >= 11 is 0. The Labute approximate surface area is 120 Å². The highest BCUT2D eigenvalue weighted by molar-refractivity contribution is 5.29. The molecule has 3 rings (SSSR count). The first kappa shape index (κ1) is 13.8. The van der Waals surface area contributed by atoms with E-state index in [9.17, 15) is 4.39 Å². The second kappa shape index (κ2) is 6.10. The fourth-order valence-corrected chi connectivity index (χ4v) is 3.40. The predicted molar refractivity (Wildman–Crippen MR) is 77.4 cm³/mol. The zero-order valence-corrected chi connectivity index (χ0v) is 12.1. The van der Waals surface area contributed by atoms with Gasteiger partial charge in [-0.3, -0.25) is 4.90 Å². The third-order valence-electron chi connectivity index (χ3n) is 4.24. The lowest BCUT2D eigenvalue weighted by atomic mass is 9.94. The molecule has 2 atom stereocenters. The predicted octanol–water partition coefficient (Wildman–Crippen LogP) is 2.55. The number of piperazine rings is 1. The molecule has 2 saturated heterocycles. The van der Waals surface area contributed by atoms with Crippen LogP contribution in [0.3, 0.4) is 0 Å². The van der Waals surface area contributed by atoms with Crippen molar-refractivity contribution in [2.45, 2.75) is 44.8 Å². The molecular formula is C16H23FN2O. The molecule has 110 valence electrons. The van der Waals surface area contributed by atoms with Crippen molar-refractivity contribution in [2.75, 3.05) is 19.7 Å². The van der Waals surface area contributed by atoms with Gasteiger partial charge < -0.3 is 10.1 Å². The number of ether oxygens (including phenoxy) is 1. The van der Waals surface area contributed by atoms with Crippen LogP contribution in [0.4, 0.5) is 4.39 Å². The van der Waals surface area contributed by atoms with Crippen LogP contribution in [0.1, 0.15) is 31.7 Å². The van der Waals surface area contributed by atoms with Crippen LogP contribution in [-0.4, -0.2) is 36.7 Å². The Balaban J connectivity index is 1.64. The molecule has 0 radical (unpaired) electrons. The number of halogens is 1. The van der Waals surface area contributed by atoms with Crippen LogP contribution in [-0.2, 0) is 6.54 Å². The number of fused-ring (bicyclic) bond motifs is 2. The minimum Gasteiger partial charge on any atom is -0.491 e. The summed E-state index contributed by atoms with van der Waals surface area (Å²) in [4.78, 5) is 2.44. The number of rotatable bonds is 4. The van der Waals surface area contributed by atoms with E-state index in [4.69, 9.17) is 4.74 Å². The first-order chi connectivity index (χ1) is 9.74. The van der Waals surface area contributed by atoms with E-state index in [1.165, 1.54) is 19.3 Å². The number of hydrogen-bond donors (Lipinski definition) is 1. The number of benzene rings is 1. The van der Waals surface area contributed by atoms with Crippen LogP contribution in [0.5, 0.6) is 5.75 Å². The van der Waals surface area contributed by atoms with E-state index in [2.05, 4.69) is 10.2 Å². The summed E-state index contributed by atoms with van der Waals surface area (Å²) in [6, 6.07) is 6.58. The number of nitrogens with one attached hydrogen (secondary N) is 1. The molecule has 2 unspecified atom stereocenters. The van der Waals surface area contributed by atoms with E-state index >= 15 is 0 Å². The summed E-state index contributed by atoms with van der Waals surface area (Å²) < 4.78 is 19.1. The Kier molecular flexibility index (Phi) is 4.22. The van der Waals surface area contributed by atoms with Crippen LogP contribution in [0.2, 0.25) is 0 Å². The SMILES string of the molecule is CCOc1ccc(CN2CC3CCCC(C2)N3)cc1F. The van der Waals surface area contributed by atoms with Gasteiger partial charge >= 0.3 is 0 Å². The van der Waals surface area contributed by atoms with Crippen molar-refractivity contribution >= 4 is 0 Å². The van der Waals surface area contributed by atoms with Crippen molar-refractivity contribution in [2.24, 2.45) is 0 Å². The van der Waals surface area contributed by atoms with Gasteiger partial charge in [-0.25, -0.2) is 4.39 Å². The second-order valence-corrected chi connectivity index (χ2v) is 5.88. The fraction of sp³-hybridized carbons (Fsp3) is 0.625. The third-order valence-corrected chi connectivity index (χ3v) is 4.24. The maximum absolute atomic E-state index is 13.9. The fourth-order valence-electron chi connectivity index (χ4n) is 3.40. The number of hydrogen-bond acceptors (Lipinski definition) is 3. The van der Waals surface area contributed by atoms with E-state index in [0.717, 1.165) is 25.2 Å². The van der Waals surface area contributed by atoms with Crippen LogP contribution in [0, 0.1) is 5.82 Å². The average molecular weight is 278 g/mol. The van der Waals surface area contributed by atoms with Crippen molar-refractivity contribution < 1.29 is 9.13 Å². The average Bonchev–Trinajstić information content (AvgIpc) is 2.42. The minimum absolute atomic E-state index is 0.250. The van der Waals surface area contributed by atoms with Gasteiger partial charge in [-0.05, 0) is 37.5 Å². The maximum Gasteiger partial charge on any atom is 0.165 e. The summed E-state index contributed by atoms with van der Waals surface area (Å²) in [7, 11) is 0. The molecule has 2 aliphatic rings. The van der Waals surface area contributed by atoms with Crippen molar-refractivity contribution in [3.8, 4) is 5.75 Å². The summed E-state index contributed by atoms with van der Waals surface area (Å²) in [5.41, 5.74) is 1.03. The van der Waals surface area contributed by atoms with E-state index in [1.807, 2.05) is 13.0 Å². The number of likely N-dealkylation sites (tertiary alicyclic amines) is 1. The molecule has 0 spiro atoms. The Bertz CT molecular complexity index is 454. The molecule has 2 fully saturated rings. The molecule has 0 saturated carbocycles. The van der Waals surface area contributed by atoms with Gasteiger partial charge in [0.05, 0.1) is 6.61 Å². The smallest absolute Gasteiger partial charge is 0.165 e. The minimum atomic E-state index is -0.250. The molecule has 2 aliphatic heterocycles. The van der Waals surface area contributed by atoms with Crippen LogP contribution >= 0.6 is 0 Å². The van der Waals surface area contributed by atoms with Gasteiger partial charge in [-0.2, -0.15) is 0 Å². The van der Waals surface area contributed by atoms with Gasteiger partial charge in [0.15, 0.2) is 11.6 Å². The standard InChI is InChI=1S/C16H23FN2O/c1-2-20-16-7-6-12(8-15(16)17)9-19-10-13-4-3-5-14(11-19)18-13/h6-8,13-14,18H,2-5,9-11H2,1H3. The Morgan fingerprint density at radius 3 is 2.70 bits per heavy atom. The first-order valence-electron chi connectivity index (χ1n) is 7.64. The maximum atomic E-state index is 13.9. The number of piperidine rings is 1. The molecule has 0 aromatic heterocycles. The van der Waals surface area contributed by atoms with Gasteiger partial charge in [0.1, 0.15) is 0 Å². The molecule has 0 aliphatic carbocycles. The largest absolute Gasteiger partial charge is 0.491 e. The van der Waals surface area contributed by atoms with Crippen molar-refractivity contribution in [3.63, 3.8) is 0 Å². The second-order valence-electron chi connectivity index (χ2n) is 5.88. The molecule has 20 heavy (non-hydrogen) atoms. The van der Waals surface area contributed by atoms with Crippen LogP contribution in [0.15, 0.2) is 18.2 Å². The first-order valence-corrected chi connectivity index (χ1v) is 7.64. The monoisotopic (exact) mass is 278 g/mol. The lowest BCUT2D eigenvalue weighted by molar-refractivity contribution is 0.119. The Hall–Kier alpha value is -1.13. The van der Waals surface area contributed by atoms with E-state index in [-0.39, 0.29) is 5.82 Å². The zero-order valence-electron chi connectivity index (χ0n) is 12.1. The molecule has 2 heterocycles. The zero-order chi connectivity index (χ0) is 13.9. The molecule has 2 bridgehead atoms. The lowest BCUT2D eigenvalue weighted by Gasteiger charge is -2.42. The third kappa shape index (κ3) is 3.13. The normalized spacial score (nSPS) is 26.5. The van der Waals surface area contributed by atoms with Gasteiger partial charge in [0, 0.05) is 31.7 Å². The number of nitrogens with zero attached hydrogens (tertiary/aromatic N) is 1. The Morgan fingerprint density at radius 2 is 2.05 bits per heavy atom. The van der Waals surface area contributed by atoms with Gasteiger partial charge in [0.2, 0.25) is 0 Å². The highest BCUT2D eigenvalue weighted by Gasteiger charge is 2.29. The van der Waals surface area contributed by atoms with Gasteiger partial charge in [-0.1, -0.05) is 12.5 Å². The summed E-state index contributed by atoms with van der Waals surface area (Å²) in [6.07, 6.45) is 3.88. The quantitative estimate of drug-likeness (QED) is 0.916. The van der Waals surface area contributed by atoms with Crippen LogP contribution < -0.4 is 10.1 Å². The topological polar surface area (TPSA) is 24.5 Å². The van der Waals surface area contributed by atoms with E-state index < -0.39 is 0 Å². The summed E-state index contributed by atoms with van der Waals surface area (Å²) in [6.45, 7) is 5.35. The molecule has 1 N–H and O–H groups in total. The van der Waals surface area contributed by atoms with Crippen molar-refractivity contribution in [3.05, 3.63) is 29.6 Å². The molecule has 4 heteroatoms. The molecule has 3 nitrogen and oxygen atoms in total. The van der Waals surface area contributed by atoms with Gasteiger partial charge in [-0.15, -0.1) is 0 Å². The van der Waals surface area contributed by atoms with Crippen molar-refractivity contribution in [1.82, 2.24) is 10.2 Å². The Morgan fingerprint density at radius 1 is 1.30 bits per heavy atom. The highest BCUT2D eigenvalue weighted by atomic mass is 19.1. The lowest BCUT2D eigenvalue weighted by Crippen LogP contribution is -2.58. The van der Waals surface area contributed by atoms with Gasteiger partial charge in [0.25, 0.3) is 0 Å². The molecule has 0 amide bonds. The van der Waals surface area contributed by atoms with E-state index in [1.54, 1.807) is 12.1 Å². The van der Waals surface area contributed by atoms with Crippen LogP contribution in [0.25, 0.3) is 0 Å². The van der Waals surface area contributed by atoms with Crippen molar-refractivity contribution in [1.29, 1.82) is 0 Å². The molecule has 1 aromatic carbocycles. The summed E-state index contributed by atoms with van der Waals surface area (Å²) in [5.74, 6) is 0.105. The summed E-state index contributed by atoms with van der Waals surface area (Å²) in [5, 5.41) is 3.67. The highest BCUT2D eigenvalue weighted by Crippen LogP contribution is 2.23. The van der Waals surface area contributed by atoms with E-state index in [0.29, 0.717) is 24.4 Å². The molecule has 1 aromatic rings.